The summed E-state index contributed by atoms with van der Waals surface area (Å²) in [5.74, 6) is 1.86. The van der Waals surface area contributed by atoms with E-state index in [-0.39, 0.29) is 6.10 Å². The van der Waals surface area contributed by atoms with E-state index in [0.717, 1.165) is 30.9 Å². The molecule has 0 N–H and O–H groups in total. The van der Waals surface area contributed by atoms with Crippen LogP contribution in [-0.4, -0.2) is 12.7 Å². The van der Waals surface area contributed by atoms with E-state index in [1.54, 1.807) is 0 Å². The van der Waals surface area contributed by atoms with Crippen molar-refractivity contribution in [3.63, 3.8) is 0 Å². The van der Waals surface area contributed by atoms with Crippen LogP contribution in [0.4, 0.5) is 0 Å². The van der Waals surface area contributed by atoms with Crippen molar-refractivity contribution in [1.82, 2.24) is 0 Å². The van der Waals surface area contributed by atoms with Gasteiger partial charge in [-0.3, -0.25) is 0 Å². The average Bonchev–Trinajstić information content (AvgIpc) is 2.74. The molecule has 1 heterocycles. The van der Waals surface area contributed by atoms with Gasteiger partial charge in [-0.05, 0) is 36.5 Å². The fourth-order valence-electron chi connectivity index (χ4n) is 2.09. The zero-order valence-corrected chi connectivity index (χ0v) is 12.4. The molecule has 19 heavy (non-hydrogen) atoms. The minimum atomic E-state index is 0.0850. The SMILES string of the molecule is CC(/C=C/CC(C)(C)C)Oc1ccc2c(c1)OCC2. The van der Waals surface area contributed by atoms with Gasteiger partial charge in [-0.1, -0.05) is 32.9 Å². The molecule has 1 unspecified atom stereocenters. The quantitative estimate of drug-likeness (QED) is 0.748. The second kappa shape index (κ2) is 5.68. The van der Waals surface area contributed by atoms with Gasteiger partial charge in [-0.2, -0.15) is 0 Å². The van der Waals surface area contributed by atoms with Gasteiger partial charge >= 0.3 is 0 Å². The van der Waals surface area contributed by atoms with Crippen LogP contribution in [0.2, 0.25) is 0 Å². The summed E-state index contributed by atoms with van der Waals surface area (Å²) < 4.78 is 11.4. The topological polar surface area (TPSA) is 18.5 Å². The Hall–Kier alpha value is -1.44. The fourth-order valence-corrected chi connectivity index (χ4v) is 2.09. The van der Waals surface area contributed by atoms with E-state index >= 15 is 0 Å². The number of hydrogen-bond acceptors (Lipinski definition) is 2. The zero-order chi connectivity index (χ0) is 13.9. The molecule has 0 aliphatic carbocycles. The summed E-state index contributed by atoms with van der Waals surface area (Å²) in [6, 6.07) is 6.13. The van der Waals surface area contributed by atoms with Gasteiger partial charge in [0.2, 0.25) is 0 Å². The van der Waals surface area contributed by atoms with Crippen molar-refractivity contribution in [3.05, 3.63) is 35.9 Å². The molecular formula is C17H24O2. The lowest BCUT2D eigenvalue weighted by Crippen LogP contribution is -2.09. The van der Waals surface area contributed by atoms with Gasteiger partial charge in [0, 0.05) is 12.5 Å². The second-order valence-electron chi connectivity index (χ2n) is 6.38. The first-order valence-corrected chi connectivity index (χ1v) is 7.03. The normalized spacial score (nSPS) is 16.2. The fraction of sp³-hybridized carbons (Fsp3) is 0.529. The van der Waals surface area contributed by atoms with Crippen molar-refractivity contribution >= 4 is 0 Å². The van der Waals surface area contributed by atoms with E-state index in [4.69, 9.17) is 9.47 Å². The van der Waals surface area contributed by atoms with Crippen LogP contribution in [0.15, 0.2) is 30.4 Å². The van der Waals surface area contributed by atoms with Crippen LogP contribution in [0.3, 0.4) is 0 Å². The molecule has 0 saturated heterocycles. The Morgan fingerprint density at radius 2 is 2.16 bits per heavy atom. The molecule has 1 aliphatic rings. The molecule has 104 valence electrons. The van der Waals surface area contributed by atoms with Gasteiger partial charge in [0.1, 0.15) is 17.6 Å². The standard InChI is InChI=1S/C17H24O2/c1-13(6-5-10-17(2,3)4)19-15-8-7-14-9-11-18-16(14)12-15/h5-8,12-13H,9-11H2,1-4H3/b6-5+. The highest BCUT2D eigenvalue weighted by molar-refractivity contribution is 5.42. The maximum absolute atomic E-state index is 5.89. The molecule has 0 saturated carbocycles. The molecule has 0 fully saturated rings. The van der Waals surface area contributed by atoms with Gasteiger partial charge < -0.3 is 9.47 Å². The van der Waals surface area contributed by atoms with Crippen molar-refractivity contribution in [2.24, 2.45) is 5.41 Å². The van der Waals surface area contributed by atoms with Crippen LogP contribution in [0.5, 0.6) is 11.5 Å². The molecule has 0 spiro atoms. The van der Waals surface area contributed by atoms with Crippen molar-refractivity contribution in [3.8, 4) is 11.5 Å². The molecule has 0 amide bonds. The summed E-state index contributed by atoms with van der Waals surface area (Å²) in [5.41, 5.74) is 1.61. The van der Waals surface area contributed by atoms with E-state index in [9.17, 15) is 0 Å². The minimum absolute atomic E-state index is 0.0850. The zero-order valence-electron chi connectivity index (χ0n) is 12.4. The molecule has 0 bridgehead atoms. The van der Waals surface area contributed by atoms with E-state index < -0.39 is 0 Å². The number of rotatable bonds is 4. The predicted molar refractivity (Wildman–Crippen MR) is 78.9 cm³/mol. The van der Waals surface area contributed by atoms with Gasteiger partial charge in [-0.25, -0.2) is 0 Å². The van der Waals surface area contributed by atoms with Gasteiger partial charge in [0.25, 0.3) is 0 Å². The summed E-state index contributed by atoms with van der Waals surface area (Å²) in [4.78, 5) is 0. The summed E-state index contributed by atoms with van der Waals surface area (Å²) in [6.07, 6.45) is 6.49. The Bertz CT molecular complexity index is 455. The molecule has 2 rings (SSSR count). The Balaban J connectivity index is 1.90. The highest BCUT2D eigenvalue weighted by Gasteiger charge is 2.13. The number of allylic oxidation sites excluding steroid dienone is 1. The van der Waals surface area contributed by atoms with Crippen LogP contribution in [-0.2, 0) is 6.42 Å². The minimum Gasteiger partial charge on any atom is -0.493 e. The van der Waals surface area contributed by atoms with Crippen molar-refractivity contribution in [2.45, 2.75) is 46.6 Å². The molecule has 1 aromatic rings. The first-order valence-electron chi connectivity index (χ1n) is 7.03. The molecule has 1 aromatic carbocycles. The van der Waals surface area contributed by atoms with E-state index in [2.05, 4.69) is 45.9 Å². The van der Waals surface area contributed by atoms with E-state index in [1.165, 1.54) is 5.56 Å². The maximum Gasteiger partial charge on any atom is 0.126 e. The van der Waals surface area contributed by atoms with Crippen molar-refractivity contribution in [1.29, 1.82) is 0 Å². The van der Waals surface area contributed by atoms with Crippen LogP contribution in [0.25, 0.3) is 0 Å². The monoisotopic (exact) mass is 260 g/mol. The van der Waals surface area contributed by atoms with Gasteiger partial charge in [-0.15, -0.1) is 0 Å². The van der Waals surface area contributed by atoms with Crippen LogP contribution < -0.4 is 9.47 Å². The smallest absolute Gasteiger partial charge is 0.126 e. The molecule has 1 aliphatic heterocycles. The average molecular weight is 260 g/mol. The molecular weight excluding hydrogens is 236 g/mol. The Morgan fingerprint density at radius 3 is 2.89 bits per heavy atom. The first-order chi connectivity index (χ1) is 8.94. The number of fused-ring (bicyclic) bond motifs is 1. The molecule has 2 heteroatoms. The van der Waals surface area contributed by atoms with Crippen molar-refractivity contribution in [2.75, 3.05) is 6.61 Å². The lowest BCUT2D eigenvalue weighted by atomic mass is 9.92. The third kappa shape index (κ3) is 4.30. The van der Waals surface area contributed by atoms with Crippen LogP contribution in [0.1, 0.15) is 39.7 Å². The summed E-state index contributed by atoms with van der Waals surface area (Å²) in [6.45, 7) is 9.56. The Labute approximate surface area is 116 Å². The van der Waals surface area contributed by atoms with Gasteiger partial charge in [0.15, 0.2) is 0 Å². The van der Waals surface area contributed by atoms with Crippen LogP contribution in [0, 0.1) is 5.41 Å². The molecule has 2 nitrogen and oxygen atoms in total. The van der Waals surface area contributed by atoms with Crippen LogP contribution >= 0.6 is 0 Å². The third-order valence-electron chi connectivity index (χ3n) is 3.13. The summed E-state index contributed by atoms with van der Waals surface area (Å²) in [5, 5.41) is 0. The lowest BCUT2D eigenvalue weighted by molar-refractivity contribution is 0.267. The summed E-state index contributed by atoms with van der Waals surface area (Å²) >= 11 is 0. The molecule has 0 radical (unpaired) electrons. The summed E-state index contributed by atoms with van der Waals surface area (Å²) in [7, 11) is 0. The largest absolute Gasteiger partial charge is 0.493 e. The molecule has 1 atom stereocenters. The highest BCUT2D eigenvalue weighted by Crippen LogP contribution is 2.30. The van der Waals surface area contributed by atoms with Crippen molar-refractivity contribution < 1.29 is 9.47 Å². The number of ether oxygens (including phenoxy) is 2. The highest BCUT2D eigenvalue weighted by atomic mass is 16.5. The Kier molecular flexibility index (Phi) is 4.18. The lowest BCUT2D eigenvalue weighted by Gasteiger charge is -2.16. The third-order valence-corrected chi connectivity index (χ3v) is 3.13. The number of benzene rings is 1. The first kappa shape index (κ1) is 14.0. The van der Waals surface area contributed by atoms with E-state index in [1.807, 2.05) is 12.1 Å². The Morgan fingerprint density at radius 1 is 1.37 bits per heavy atom. The predicted octanol–water partition coefficient (Wildman–Crippen LogP) is 4.38. The molecule has 0 aromatic heterocycles. The van der Waals surface area contributed by atoms with E-state index in [0.29, 0.717) is 5.41 Å². The maximum atomic E-state index is 5.89. The second-order valence-corrected chi connectivity index (χ2v) is 6.38. The van der Waals surface area contributed by atoms with Gasteiger partial charge in [0.05, 0.1) is 6.61 Å². The number of hydrogen-bond donors (Lipinski definition) is 0.